The zero-order chi connectivity index (χ0) is 11.2. The predicted octanol–water partition coefficient (Wildman–Crippen LogP) is 3.46. The Hall–Kier alpha value is -1.06. The van der Waals surface area contributed by atoms with E-state index in [-0.39, 0.29) is 0 Å². The molecular weight excluding hydrogens is 240 g/mol. The van der Waals surface area contributed by atoms with Gasteiger partial charge in [-0.15, -0.1) is 11.8 Å². The van der Waals surface area contributed by atoms with E-state index >= 15 is 0 Å². The zero-order valence-corrected chi connectivity index (χ0v) is 10.2. The van der Waals surface area contributed by atoms with Crippen LogP contribution in [0.5, 0.6) is 0 Å². The Kier molecular flexibility index (Phi) is 4.19. The van der Waals surface area contributed by atoms with E-state index in [9.17, 15) is 0 Å². The van der Waals surface area contributed by atoms with Crippen LogP contribution in [-0.4, -0.2) is 15.7 Å². The summed E-state index contributed by atoms with van der Waals surface area (Å²) < 4.78 is 0. The molecule has 2 aromatic rings. The molecule has 0 amide bonds. The lowest BCUT2D eigenvalue weighted by Crippen LogP contribution is -1.90. The number of aromatic nitrogens is 2. The Labute approximate surface area is 104 Å². The van der Waals surface area contributed by atoms with Gasteiger partial charge in [-0.05, 0) is 12.0 Å². The summed E-state index contributed by atoms with van der Waals surface area (Å²) in [5, 5.41) is 1.29. The number of aryl methyl sites for hydroxylation is 1. The molecule has 0 bridgehead atoms. The first-order chi connectivity index (χ1) is 7.86. The minimum atomic E-state index is 0.487. The minimum Gasteiger partial charge on any atom is -0.245 e. The van der Waals surface area contributed by atoms with Crippen molar-refractivity contribution >= 4 is 23.4 Å². The number of thioether (sulfide) groups is 1. The third kappa shape index (κ3) is 3.22. The van der Waals surface area contributed by atoms with Gasteiger partial charge in [0.15, 0.2) is 5.15 Å². The molecule has 0 atom stereocenters. The molecular formula is C12H11ClN2S. The van der Waals surface area contributed by atoms with Crippen LogP contribution in [-0.2, 0) is 6.42 Å². The molecule has 82 valence electrons. The van der Waals surface area contributed by atoms with Crippen LogP contribution in [0.1, 0.15) is 5.56 Å². The Balaban J connectivity index is 1.87. The molecule has 2 rings (SSSR count). The topological polar surface area (TPSA) is 25.8 Å². The van der Waals surface area contributed by atoms with Crippen molar-refractivity contribution in [2.24, 2.45) is 0 Å². The summed E-state index contributed by atoms with van der Waals surface area (Å²) in [5.74, 6) is 0.961. The van der Waals surface area contributed by atoms with E-state index in [1.165, 1.54) is 5.56 Å². The predicted molar refractivity (Wildman–Crippen MR) is 67.9 cm³/mol. The first kappa shape index (κ1) is 11.4. The molecule has 0 aliphatic rings. The van der Waals surface area contributed by atoms with Gasteiger partial charge in [0.1, 0.15) is 5.03 Å². The highest BCUT2D eigenvalue weighted by atomic mass is 35.5. The zero-order valence-electron chi connectivity index (χ0n) is 8.64. The molecule has 0 N–H and O–H groups in total. The van der Waals surface area contributed by atoms with Crippen molar-refractivity contribution in [2.45, 2.75) is 11.4 Å². The SMILES string of the molecule is Clc1nccnc1SCCc1ccccc1. The molecule has 0 unspecified atom stereocenters. The first-order valence-corrected chi connectivity index (χ1v) is 6.36. The van der Waals surface area contributed by atoms with Gasteiger partial charge >= 0.3 is 0 Å². The average molecular weight is 251 g/mol. The van der Waals surface area contributed by atoms with Crippen molar-refractivity contribution in [1.29, 1.82) is 0 Å². The van der Waals surface area contributed by atoms with Crippen LogP contribution < -0.4 is 0 Å². The third-order valence-electron chi connectivity index (χ3n) is 2.10. The van der Waals surface area contributed by atoms with E-state index in [1.807, 2.05) is 6.07 Å². The summed E-state index contributed by atoms with van der Waals surface area (Å²) in [6, 6.07) is 10.4. The van der Waals surface area contributed by atoms with Crippen molar-refractivity contribution in [3.63, 3.8) is 0 Å². The molecule has 0 spiro atoms. The highest BCUT2D eigenvalue weighted by molar-refractivity contribution is 7.99. The monoisotopic (exact) mass is 250 g/mol. The van der Waals surface area contributed by atoms with Gasteiger partial charge in [0, 0.05) is 18.1 Å². The van der Waals surface area contributed by atoms with E-state index in [0.29, 0.717) is 5.15 Å². The summed E-state index contributed by atoms with van der Waals surface area (Å²) in [6.45, 7) is 0. The van der Waals surface area contributed by atoms with Crippen LogP contribution >= 0.6 is 23.4 Å². The van der Waals surface area contributed by atoms with Gasteiger partial charge in [-0.25, -0.2) is 9.97 Å². The van der Waals surface area contributed by atoms with Crippen LogP contribution in [0.2, 0.25) is 5.15 Å². The fourth-order valence-electron chi connectivity index (χ4n) is 1.32. The van der Waals surface area contributed by atoms with Crippen molar-refractivity contribution in [3.8, 4) is 0 Å². The van der Waals surface area contributed by atoms with Crippen molar-refractivity contribution < 1.29 is 0 Å². The fraction of sp³-hybridized carbons (Fsp3) is 0.167. The summed E-state index contributed by atoms with van der Waals surface area (Å²) in [6.07, 6.45) is 4.28. The van der Waals surface area contributed by atoms with Crippen LogP contribution in [0.25, 0.3) is 0 Å². The molecule has 2 nitrogen and oxygen atoms in total. The molecule has 1 aromatic carbocycles. The van der Waals surface area contributed by atoms with Gasteiger partial charge < -0.3 is 0 Å². The number of rotatable bonds is 4. The highest BCUT2D eigenvalue weighted by Gasteiger charge is 2.02. The minimum absolute atomic E-state index is 0.487. The molecule has 0 aliphatic carbocycles. The van der Waals surface area contributed by atoms with Crippen LogP contribution in [0.3, 0.4) is 0 Å². The maximum Gasteiger partial charge on any atom is 0.161 e. The van der Waals surface area contributed by atoms with Crippen molar-refractivity contribution in [2.75, 3.05) is 5.75 Å². The standard InChI is InChI=1S/C12H11ClN2S/c13-11-12(15-8-7-14-11)16-9-6-10-4-2-1-3-5-10/h1-5,7-8H,6,9H2. The summed E-state index contributed by atoms with van der Waals surface area (Å²) in [4.78, 5) is 8.16. The van der Waals surface area contributed by atoms with Gasteiger partial charge in [0.2, 0.25) is 0 Å². The van der Waals surface area contributed by atoms with E-state index in [0.717, 1.165) is 17.2 Å². The first-order valence-electron chi connectivity index (χ1n) is 4.99. The van der Waals surface area contributed by atoms with E-state index in [2.05, 4.69) is 34.2 Å². The molecule has 0 aliphatic heterocycles. The third-order valence-corrected chi connectivity index (χ3v) is 3.46. The Bertz CT molecular complexity index is 448. The maximum atomic E-state index is 5.91. The van der Waals surface area contributed by atoms with Crippen molar-refractivity contribution in [1.82, 2.24) is 9.97 Å². The van der Waals surface area contributed by atoms with Crippen LogP contribution in [0, 0.1) is 0 Å². The molecule has 4 heteroatoms. The number of hydrogen-bond donors (Lipinski definition) is 0. The largest absolute Gasteiger partial charge is 0.245 e. The Morgan fingerprint density at radius 1 is 1.06 bits per heavy atom. The lowest BCUT2D eigenvalue weighted by Gasteiger charge is -2.02. The summed E-state index contributed by atoms with van der Waals surface area (Å²) >= 11 is 7.55. The van der Waals surface area contributed by atoms with Gasteiger partial charge in [-0.3, -0.25) is 0 Å². The molecule has 1 heterocycles. The molecule has 16 heavy (non-hydrogen) atoms. The second kappa shape index (κ2) is 5.87. The van der Waals surface area contributed by atoms with Crippen LogP contribution in [0.4, 0.5) is 0 Å². The number of halogens is 1. The lowest BCUT2D eigenvalue weighted by molar-refractivity contribution is 1.05. The Morgan fingerprint density at radius 3 is 2.56 bits per heavy atom. The second-order valence-electron chi connectivity index (χ2n) is 3.24. The quantitative estimate of drug-likeness (QED) is 0.778. The average Bonchev–Trinajstić information content (AvgIpc) is 2.33. The normalized spacial score (nSPS) is 10.3. The van der Waals surface area contributed by atoms with Crippen LogP contribution in [0.15, 0.2) is 47.8 Å². The fourth-order valence-corrected chi connectivity index (χ4v) is 2.42. The van der Waals surface area contributed by atoms with Gasteiger partial charge in [-0.1, -0.05) is 41.9 Å². The van der Waals surface area contributed by atoms with Crippen molar-refractivity contribution in [3.05, 3.63) is 53.4 Å². The summed E-state index contributed by atoms with van der Waals surface area (Å²) in [7, 11) is 0. The molecule has 0 fully saturated rings. The molecule has 1 aromatic heterocycles. The summed E-state index contributed by atoms with van der Waals surface area (Å²) in [5.41, 5.74) is 1.33. The highest BCUT2D eigenvalue weighted by Crippen LogP contribution is 2.22. The van der Waals surface area contributed by atoms with E-state index in [4.69, 9.17) is 11.6 Å². The van der Waals surface area contributed by atoms with Gasteiger partial charge in [-0.2, -0.15) is 0 Å². The number of hydrogen-bond acceptors (Lipinski definition) is 3. The second-order valence-corrected chi connectivity index (χ2v) is 4.68. The number of benzene rings is 1. The smallest absolute Gasteiger partial charge is 0.161 e. The maximum absolute atomic E-state index is 5.91. The molecule has 0 saturated heterocycles. The lowest BCUT2D eigenvalue weighted by atomic mass is 10.2. The number of nitrogens with zero attached hydrogens (tertiary/aromatic N) is 2. The van der Waals surface area contributed by atoms with Gasteiger partial charge in [0.25, 0.3) is 0 Å². The Morgan fingerprint density at radius 2 is 1.81 bits per heavy atom. The molecule has 0 radical (unpaired) electrons. The van der Waals surface area contributed by atoms with E-state index in [1.54, 1.807) is 24.2 Å². The van der Waals surface area contributed by atoms with Gasteiger partial charge in [0.05, 0.1) is 0 Å². The van der Waals surface area contributed by atoms with E-state index < -0.39 is 0 Å². The molecule has 0 saturated carbocycles.